The Morgan fingerprint density at radius 1 is 0.842 bits per heavy atom. The molecular formula is C15H34O3Si. The van der Waals surface area contributed by atoms with Gasteiger partial charge in [-0.25, -0.2) is 0 Å². The predicted molar refractivity (Wildman–Crippen MR) is 83.4 cm³/mol. The van der Waals surface area contributed by atoms with Crippen molar-refractivity contribution in [3.63, 3.8) is 0 Å². The molecule has 0 aromatic carbocycles. The Morgan fingerprint density at radius 3 is 1.89 bits per heavy atom. The van der Waals surface area contributed by atoms with E-state index < -0.39 is 8.80 Å². The zero-order valence-corrected chi connectivity index (χ0v) is 14.7. The summed E-state index contributed by atoms with van der Waals surface area (Å²) in [6.45, 7) is 11.7. The first-order chi connectivity index (χ1) is 9.08. The molecule has 1 unspecified atom stereocenters. The molecule has 19 heavy (non-hydrogen) atoms. The van der Waals surface area contributed by atoms with Gasteiger partial charge in [0.2, 0.25) is 0 Å². The van der Waals surface area contributed by atoms with Crippen molar-refractivity contribution in [3.8, 4) is 0 Å². The van der Waals surface area contributed by atoms with Gasteiger partial charge in [0.25, 0.3) is 0 Å². The van der Waals surface area contributed by atoms with Crippen LogP contribution in [0.3, 0.4) is 0 Å². The quantitative estimate of drug-likeness (QED) is 0.361. The van der Waals surface area contributed by atoms with E-state index >= 15 is 0 Å². The van der Waals surface area contributed by atoms with Crippen LogP contribution in [-0.2, 0) is 13.3 Å². The fourth-order valence-electron chi connectivity index (χ4n) is 2.27. The Labute approximate surface area is 121 Å². The maximum Gasteiger partial charge on any atom is 0.497 e. The van der Waals surface area contributed by atoms with Gasteiger partial charge in [0, 0.05) is 25.9 Å². The van der Waals surface area contributed by atoms with Crippen LogP contribution in [0.1, 0.15) is 72.6 Å². The van der Waals surface area contributed by atoms with Crippen molar-refractivity contribution in [2.24, 2.45) is 0 Å². The molecule has 0 rings (SSSR count). The molecule has 0 heterocycles. The highest BCUT2D eigenvalue weighted by Gasteiger charge is 2.35. The van der Waals surface area contributed by atoms with Crippen LogP contribution >= 0.6 is 0 Å². The van der Waals surface area contributed by atoms with E-state index in [4.69, 9.17) is 13.3 Å². The number of hydrogen-bond donors (Lipinski definition) is 0. The van der Waals surface area contributed by atoms with Gasteiger partial charge in [0.1, 0.15) is 0 Å². The van der Waals surface area contributed by atoms with E-state index in [1.165, 1.54) is 38.5 Å². The Kier molecular flexibility index (Phi) is 11.9. The zero-order valence-electron chi connectivity index (χ0n) is 13.7. The summed E-state index contributed by atoms with van der Waals surface area (Å²) < 4.78 is 17.4. The van der Waals surface area contributed by atoms with Crippen LogP contribution in [0, 0.1) is 0 Å². The minimum absolute atomic E-state index is 0.237. The van der Waals surface area contributed by atoms with Gasteiger partial charge in [-0.15, -0.1) is 0 Å². The second-order valence-corrected chi connectivity index (χ2v) is 7.75. The van der Waals surface area contributed by atoms with E-state index in [0.717, 1.165) is 6.42 Å². The molecule has 0 N–H and O–H groups in total. The van der Waals surface area contributed by atoms with Crippen LogP contribution in [0.25, 0.3) is 0 Å². The van der Waals surface area contributed by atoms with E-state index in [1.54, 1.807) is 0 Å². The molecule has 0 aromatic rings. The van der Waals surface area contributed by atoms with E-state index in [-0.39, 0.29) is 6.10 Å². The molecule has 0 bridgehead atoms. The summed E-state index contributed by atoms with van der Waals surface area (Å²) in [5, 5.41) is 0. The normalized spacial score (nSPS) is 13.7. The SMILES string of the molecule is CCCCCCCCC(C)O[Si](C)(OCC)OCC. The van der Waals surface area contributed by atoms with Crippen LogP contribution in [0.5, 0.6) is 0 Å². The Bertz CT molecular complexity index is 194. The Hall–Kier alpha value is 0.0969. The Balaban J connectivity index is 3.77. The smallest absolute Gasteiger partial charge is 0.374 e. The second kappa shape index (κ2) is 11.9. The molecule has 0 aliphatic rings. The average Bonchev–Trinajstić information content (AvgIpc) is 2.33. The largest absolute Gasteiger partial charge is 0.497 e. The zero-order chi connectivity index (χ0) is 14.6. The second-order valence-electron chi connectivity index (χ2n) is 5.21. The lowest BCUT2D eigenvalue weighted by Gasteiger charge is -2.28. The number of hydrogen-bond acceptors (Lipinski definition) is 3. The molecule has 0 amide bonds. The van der Waals surface area contributed by atoms with Crippen LogP contribution in [-0.4, -0.2) is 28.1 Å². The summed E-state index contributed by atoms with van der Waals surface area (Å²) in [6, 6.07) is 0. The maximum absolute atomic E-state index is 6.04. The van der Waals surface area contributed by atoms with Crippen molar-refractivity contribution >= 4 is 8.80 Å². The first-order valence-electron chi connectivity index (χ1n) is 8.03. The molecule has 0 aromatic heterocycles. The van der Waals surface area contributed by atoms with Crippen molar-refractivity contribution in [2.45, 2.75) is 85.3 Å². The average molecular weight is 291 g/mol. The summed E-state index contributed by atoms with van der Waals surface area (Å²) in [6.07, 6.45) is 9.30. The van der Waals surface area contributed by atoms with Gasteiger partial charge in [0.15, 0.2) is 0 Å². The van der Waals surface area contributed by atoms with Crippen LogP contribution in [0.4, 0.5) is 0 Å². The third-order valence-corrected chi connectivity index (χ3v) is 5.65. The summed E-state index contributed by atoms with van der Waals surface area (Å²) in [5.41, 5.74) is 0. The van der Waals surface area contributed by atoms with Crippen molar-refractivity contribution in [3.05, 3.63) is 0 Å². The third kappa shape index (κ3) is 10.5. The first-order valence-corrected chi connectivity index (χ1v) is 10.3. The molecule has 0 spiro atoms. The summed E-state index contributed by atoms with van der Waals surface area (Å²) in [5.74, 6) is 0. The van der Waals surface area contributed by atoms with Gasteiger partial charge in [0.05, 0.1) is 0 Å². The molecule has 4 heteroatoms. The lowest BCUT2D eigenvalue weighted by Crippen LogP contribution is -2.45. The number of rotatable bonds is 13. The van der Waals surface area contributed by atoms with E-state index in [9.17, 15) is 0 Å². The lowest BCUT2D eigenvalue weighted by atomic mass is 10.1. The predicted octanol–water partition coefficient (Wildman–Crippen LogP) is 4.78. The van der Waals surface area contributed by atoms with Gasteiger partial charge in [-0.1, -0.05) is 45.4 Å². The maximum atomic E-state index is 6.04. The fraction of sp³-hybridized carbons (Fsp3) is 1.00. The van der Waals surface area contributed by atoms with Gasteiger partial charge in [-0.3, -0.25) is 0 Å². The first kappa shape index (κ1) is 19.1. The van der Waals surface area contributed by atoms with Crippen molar-refractivity contribution in [2.75, 3.05) is 13.2 Å². The summed E-state index contributed by atoms with van der Waals surface area (Å²) >= 11 is 0. The van der Waals surface area contributed by atoms with Crippen molar-refractivity contribution in [1.29, 1.82) is 0 Å². The number of unbranched alkanes of at least 4 members (excludes halogenated alkanes) is 5. The van der Waals surface area contributed by atoms with Crippen LogP contribution in [0.2, 0.25) is 6.55 Å². The molecule has 0 aliphatic carbocycles. The molecule has 1 atom stereocenters. The van der Waals surface area contributed by atoms with Gasteiger partial charge < -0.3 is 13.3 Å². The molecule has 0 aliphatic heterocycles. The molecular weight excluding hydrogens is 256 g/mol. The molecule has 0 fully saturated rings. The van der Waals surface area contributed by atoms with Crippen molar-refractivity contribution in [1.82, 2.24) is 0 Å². The molecule has 3 nitrogen and oxygen atoms in total. The highest BCUT2D eigenvalue weighted by molar-refractivity contribution is 6.59. The van der Waals surface area contributed by atoms with Gasteiger partial charge >= 0.3 is 8.80 Å². The minimum atomic E-state index is -2.39. The molecule has 0 radical (unpaired) electrons. The fourth-order valence-corrected chi connectivity index (χ4v) is 4.39. The lowest BCUT2D eigenvalue weighted by molar-refractivity contribution is 0.0407. The summed E-state index contributed by atoms with van der Waals surface area (Å²) in [7, 11) is -2.39. The summed E-state index contributed by atoms with van der Waals surface area (Å²) in [4.78, 5) is 0. The minimum Gasteiger partial charge on any atom is -0.374 e. The van der Waals surface area contributed by atoms with Crippen LogP contribution in [0.15, 0.2) is 0 Å². The molecule has 0 saturated carbocycles. The highest BCUT2D eigenvalue weighted by atomic mass is 28.4. The molecule has 116 valence electrons. The standard InChI is InChI=1S/C15H34O3Si/c1-6-9-10-11-12-13-14-15(4)18-19(5,16-7-2)17-8-3/h15H,6-14H2,1-5H3. The topological polar surface area (TPSA) is 27.7 Å². The van der Waals surface area contributed by atoms with E-state index in [2.05, 4.69) is 13.8 Å². The van der Waals surface area contributed by atoms with E-state index in [0.29, 0.717) is 13.2 Å². The highest BCUT2D eigenvalue weighted by Crippen LogP contribution is 2.16. The third-order valence-electron chi connectivity index (χ3n) is 3.19. The Morgan fingerprint density at radius 2 is 1.37 bits per heavy atom. The van der Waals surface area contributed by atoms with Crippen LogP contribution < -0.4 is 0 Å². The van der Waals surface area contributed by atoms with Gasteiger partial charge in [-0.05, 0) is 27.2 Å². The monoisotopic (exact) mass is 290 g/mol. The van der Waals surface area contributed by atoms with Crippen molar-refractivity contribution < 1.29 is 13.3 Å². The van der Waals surface area contributed by atoms with E-state index in [1.807, 2.05) is 20.4 Å². The van der Waals surface area contributed by atoms with Gasteiger partial charge in [-0.2, -0.15) is 0 Å². The molecule has 0 saturated heterocycles.